The number of hydrogen-bond acceptors (Lipinski definition) is 2. The van der Waals surface area contributed by atoms with Crippen molar-refractivity contribution in [1.29, 1.82) is 0 Å². The van der Waals surface area contributed by atoms with Crippen LogP contribution in [0.2, 0.25) is 5.02 Å². The van der Waals surface area contributed by atoms with Crippen molar-refractivity contribution in [2.24, 2.45) is 0 Å². The molecule has 2 aromatic rings. The second-order valence-corrected chi connectivity index (χ2v) is 4.72. The van der Waals surface area contributed by atoms with Gasteiger partial charge in [0.15, 0.2) is 0 Å². The molecule has 3 nitrogen and oxygen atoms in total. The number of rotatable bonds is 4. The van der Waals surface area contributed by atoms with E-state index < -0.39 is 11.7 Å². The van der Waals surface area contributed by atoms with E-state index in [0.29, 0.717) is 11.3 Å². The quantitative estimate of drug-likeness (QED) is 0.848. The van der Waals surface area contributed by atoms with Crippen LogP contribution in [0, 0.1) is 5.82 Å². The maximum absolute atomic E-state index is 13.5. The van der Waals surface area contributed by atoms with Crippen molar-refractivity contribution in [3.8, 4) is 0 Å². The Labute approximate surface area is 126 Å². The van der Waals surface area contributed by atoms with Gasteiger partial charge in [0.05, 0.1) is 11.6 Å². The first-order chi connectivity index (χ1) is 10.1. The minimum absolute atomic E-state index is 0.107. The maximum Gasteiger partial charge on any atom is 0.248 e. The highest BCUT2D eigenvalue weighted by molar-refractivity contribution is 6.32. The predicted octanol–water partition coefficient (Wildman–Crippen LogP) is 3.62. The smallest absolute Gasteiger partial charge is 0.248 e. The largest absolute Gasteiger partial charge is 0.392 e. The third-order valence-electron chi connectivity index (χ3n) is 2.78. The Hall–Kier alpha value is -2.17. The van der Waals surface area contributed by atoms with Crippen LogP contribution < -0.4 is 5.32 Å². The summed E-state index contributed by atoms with van der Waals surface area (Å²) in [4.78, 5) is 11.8. The summed E-state index contributed by atoms with van der Waals surface area (Å²) in [6, 6.07) is 11.1. The third-order valence-corrected chi connectivity index (χ3v) is 3.11. The molecule has 5 heteroatoms. The van der Waals surface area contributed by atoms with E-state index in [0.717, 1.165) is 0 Å². The molecule has 0 aliphatic rings. The third kappa shape index (κ3) is 4.15. The number of carbonyl (C=O) groups is 1. The number of carbonyl (C=O) groups excluding carboxylic acids is 1. The van der Waals surface area contributed by atoms with E-state index >= 15 is 0 Å². The number of amides is 1. The molecule has 1 amide bonds. The molecule has 0 aliphatic heterocycles. The minimum Gasteiger partial charge on any atom is -0.392 e. The van der Waals surface area contributed by atoms with Gasteiger partial charge in [0, 0.05) is 17.3 Å². The highest BCUT2D eigenvalue weighted by Gasteiger charge is 2.04. The molecule has 0 spiro atoms. The lowest BCUT2D eigenvalue weighted by Crippen LogP contribution is -2.08. The SMILES string of the molecule is O=C(/C=C/c1c(F)cccc1Cl)Nc1cccc(CO)c1. The molecule has 0 bridgehead atoms. The van der Waals surface area contributed by atoms with Gasteiger partial charge in [0.1, 0.15) is 5.82 Å². The second-order valence-electron chi connectivity index (χ2n) is 4.32. The molecule has 0 saturated carbocycles. The molecule has 0 fully saturated rings. The number of nitrogens with one attached hydrogen (secondary N) is 1. The van der Waals surface area contributed by atoms with Crippen LogP contribution in [0.25, 0.3) is 6.08 Å². The number of anilines is 1. The Morgan fingerprint density at radius 1 is 1.29 bits per heavy atom. The fourth-order valence-corrected chi connectivity index (χ4v) is 1.99. The zero-order valence-corrected chi connectivity index (χ0v) is 11.8. The van der Waals surface area contributed by atoms with E-state index in [-0.39, 0.29) is 17.2 Å². The molecule has 108 valence electrons. The number of aliphatic hydroxyl groups is 1. The topological polar surface area (TPSA) is 49.3 Å². The van der Waals surface area contributed by atoms with Crippen LogP contribution in [0.1, 0.15) is 11.1 Å². The molecule has 2 aromatic carbocycles. The molecule has 0 atom stereocenters. The number of hydrogen-bond donors (Lipinski definition) is 2. The van der Waals surface area contributed by atoms with Gasteiger partial charge in [-0.15, -0.1) is 0 Å². The average Bonchev–Trinajstić information content (AvgIpc) is 2.47. The van der Waals surface area contributed by atoms with Gasteiger partial charge in [-0.1, -0.05) is 29.8 Å². The predicted molar refractivity (Wildman–Crippen MR) is 81.4 cm³/mol. The molecule has 0 aromatic heterocycles. The Balaban J connectivity index is 2.09. The van der Waals surface area contributed by atoms with E-state index in [1.807, 2.05) is 0 Å². The van der Waals surface area contributed by atoms with Gasteiger partial charge in [-0.3, -0.25) is 4.79 Å². The summed E-state index contributed by atoms with van der Waals surface area (Å²) >= 11 is 5.86. The van der Waals surface area contributed by atoms with Crippen LogP contribution in [0.3, 0.4) is 0 Å². The Kier molecular flexibility index (Phi) is 5.09. The number of aliphatic hydroxyl groups excluding tert-OH is 1. The maximum atomic E-state index is 13.5. The van der Waals surface area contributed by atoms with E-state index in [1.165, 1.54) is 24.3 Å². The highest BCUT2D eigenvalue weighted by atomic mass is 35.5. The number of halogens is 2. The first kappa shape index (κ1) is 15.2. The van der Waals surface area contributed by atoms with Gasteiger partial charge in [-0.05, 0) is 35.9 Å². The lowest BCUT2D eigenvalue weighted by molar-refractivity contribution is -0.111. The molecule has 0 heterocycles. The summed E-state index contributed by atoms with van der Waals surface area (Å²) in [7, 11) is 0. The number of benzene rings is 2. The van der Waals surface area contributed by atoms with Gasteiger partial charge >= 0.3 is 0 Å². The Morgan fingerprint density at radius 2 is 2.05 bits per heavy atom. The van der Waals surface area contributed by atoms with E-state index in [4.69, 9.17) is 16.7 Å². The molecular weight excluding hydrogens is 293 g/mol. The first-order valence-corrected chi connectivity index (χ1v) is 6.61. The van der Waals surface area contributed by atoms with Crippen molar-refractivity contribution in [2.45, 2.75) is 6.61 Å². The molecule has 2 rings (SSSR count). The summed E-state index contributed by atoms with van der Waals surface area (Å²) < 4.78 is 13.5. The van der Waals surface area contributed by atoms with Crippen molar-refractivity contribution in [3.05, 3.63) is 70.5 Å². The lowest BCUT2D eigenvalue weighted by Gasteiger charge is -2.04. The summed E-state index contributed by atoms with van der Waals surface area (Å²) in [5, 5.41) is 11.9. The van der Waals surface area contributed by atoms with E-state index in [9.17, 15) is 9.18 Å². The van der Waals surface area contributed by atoms with Crippen LogP contribution in [-0.4, -0.2) is 11.0 Å². The molecule has 0 saturated heterocycles. The molecular formula is C16H13ClFNO2. The second kappa shape index (κ2) is 7.02. The summed E-state index contributed by atoms with van der Waals surface area (Å²) in [6.45, 7) is -0.107. The van der Waals surface area contributed by atoms with Crippen molar-refractivity contribution in [3.63, 3.8) is 0 Å². The van der Waals surface area contributed by atoms with Crippen molar-refractivity contribution in [1.82, 2.24) is 0 Å². The van der Waals surface area contributed by atoms with Gasteiger partial charge in [0.25, 0.3) is 0 Å². The first-order valence-electron chi connectivity index (χ1n) is 6.23. The van der Waals surface area contributed by atoms with Gasteiger partial charge in [0.2, 0.25) is 5.91 Å². The van der Waals surface area contributed by atoms with E-state index in [2.05, 4.69) is 5.32 Å². The molecule has 0 radical (unpaired) electrons. The van der Waals surface area contributed by atoms with Crippen LogP contribution in [0.5, 0.6) is 0 Å². The van der Waals surface area contributed by atoms with Crippen molar-refractivity contribution in [2.75, 3.05) is 5.32 Å². The molecule has 0 aliphatic carbocycles. The summed E-state index contributed by atoms with van der Waals surface area (Å²) in [5.74, 6) is -0.904. The summed E-state index contributed by atoms with van der Waals surface area (Å²) in [5.41, 5.74) is 1.41. The van der Waals surface area contributed by atoms with Gasteiger partial charge in [-0.2, -0.15) is 0 Å². The summed E-state index contributed by atoms with van der Waals surface area (Å²) in [6.07, 6.45) is 2.53. The van der Waals surface area contributed by atoms with E-state index in [1.54, 1.807) is 30.3 Å². The van der Waals surface area contributed by atoms with Crippen molar-refractivity contribution >= 4 is 29.3 Å². The fraction of sp³-hybridized carbons (Fsp3) is 0.0625. The standard InChI is InChI=1S/C16H13ClFNO2/c17-14-5-2-6-15(18)13(14)7-8-16(21)19-12-4-1-3-11(9-12)10-20/h1-9,20H,10H2,(H,19,21)/b8-7+. The molecule has 21 heavy (non-hydrogen) atoms. The Morgan fingerprint density at radius 3 is 2.76 bits per heavy atom. The van der Waals surface area contributed by atoms with Gasteiger partial charge < -0.3 is 10.4 Å². The average molecular weight is 306 g/mol. The highest BCUT2D eigenvalue weighted by Crippen LogP contribution is 2.20. The van der Waals surface area contributed by atoms with Crippen LogP contribution in [0.4, 0.5) is 10.1 Å². The zero-order valence-electron chi connectivity index (χ0n) is 11.0. The normalized spacial score (nSPS) is 10.8. The van der Waals surface area contributed by atoms with Gasteiger partial charge in [-0.25, -0.2) is 4.39 Å². The minimum atomic E-state index is -0.492. The zero-order chi connectivity index (χ0) is 15.2. The molecule has 0 unspecified atom stereocenters. The van der Waals surface area contributed by atoms with Crippen molar-refractivity contribution < 1.29 is 14.3 Å². The van der Waals surface area contributed by atoms with Crippen LogP contribution >= 0.6 is 11.6 Å². The Bertz CT molecular complexity index is 665. The monoisotopic (exact) mass is 305 g/mol. The van der Waals surface area contributed by atoms with Crippen LogP contribution in [0.15, 0.2) is 48.5 Å². The fourth-order valence-electron chi connectivity index (χ4n) is 1.76. The lowest BCUT2D eigenvalue weighted by atomic mass is 10.2. The molecule has 2 N–H and O–H groups in total. The van der Waals surface area contributed by atoms with Crippen LogP contribution in [-0.2, 0) is 11.4 Å².